The molecule has 24 heavy (non-hydrogen) atoms. The van der Waals surface area contributed by atoms with Gasteiger partial charge in [-0.05, 0) is 0 Å². The van der Waals surface area contributed by atoms with Gasteiger partial charge in [-0.3, -0.25) is 0 Å². The van der Waals surface area contributed by atoms with Gasteiger partial charge < -0.3 is 0 Å². The van der Waals surface area contributed by atoms with Crippen molar-refractivity contribution in [1.82, 2.24) is 9.97 Å². The molecule has 0 saturated carbocycles. The van der Waals surface area contributed by atoms with Gasteiger partial charge in [0, 0.05) is 0 Å². The van der Waals surface area contributed by atoms with Gasteiger partial charge in [0.15, 0.2) is 0 Å². The van der Waals surface area contributed by atoms with Crippen molar-refractivity contribution >= 4 is 53.4 Å². The third-order valence-electron chi connectivity index (χ3n) is 3.37. The molecule has 0 unspecified atom stereocenters. The van der Waals surface area contributed by atoms with E-state index in [-0.39, 0.29) is 25.5 Å². The fourth-order valence-electron chi connectivity index (χ4n) is 2.27. The van der Waals surface area contributed by atoms with Crippen LogP contribution >= 0.6 is 11.6 Å². The van der Waals surface area contributed by atoms with E-state index in [1.807, 2.05) is 6.92 Å². The van der Waals surface area contributed by atoms with Gasteiger partial charge in [-0.15, -0.1) is 0 Å². The first-order chi connectivity index (χ1) is 11.5. The van der Waals surface area contributed by atoms with Crippen LogP contribution in [0.2, 0.25) is 5.02 Å². The molecule has 3 rings (SSSR count). The topological polar surface area (TPSA) is 64.1 Å². The van der Waals surface area contributed by atoms with E-state index >= 15 is 0 Å². The zero-order valence-corrected chi connectivity index (χ0v) is 15.4. The number of benzene rings is 1. The van der Waals surface area contributed by atoms with Crippen LogP contribution in [0.15, 0.2) is 24.5 Å². The van der Waals surface area contributed by atoms with Crippen molar-refractivity contribution in [2.75, 3.05) is 11.9 Å². The summed E-state index contributed by atoms with van der Waals surface area (Å²) in [6.45, 7) is 3.95. The minimum atomic E-state index is -0.487. The van der Waals surface area contributed by atoms with Crippen molar-refractivity contribution in [3.05, 3.63) is 45.4 Å². The molecule has 0 fully saturated rings. The van der Waals surface area contributed by atoms with Crippen LogP contribution < -0.4 is 5.32 Å². The quantitative estimate of drug-likeness (QED) is 0.523. The maximum atomic E-state index is 13.3. The third kappa shape index (κ3) is 3.15. The number of ether oxygens (including phenoxy) is 1. The molecule has 3 aromatic rings. The Hall–Kier alpha value is -1.95. The first kappa shape index (κ1) is 16.9. The molecule has 2 heterocycles. The number of carbonyl (C=O) groups is 1. The monoisotopic (exact) mass is 413 g/mol. The number of aryl methyl sites for hydroxylation is 1. The number of anilines is 2. The molecular formula is C16H13ClFN3O2Se. The number of nitrogens with zero attached hydrogens (tertiary/aromatic N) is 2. The summed E-state index contributed by atoms with van der Waals surface area (Å²) in [4.78, 5) is 20.6. The maximum absolute atomic E-state index is 13.3. The first-order valence-corrected chi connectivity index (χ1v) is 9.23. The summed E-state index contributed by atoms with van der Waals surface area (Å²) in [5, 5.41) is 3.93. The molecule has 2 aromatic heterocycles. The summed E-state index contributed by atoms with van der Waals surface area (Å²) in [6.07, 6.45) is 1.44. The zero-order chi connectivity index (χ0) is 17.3. The van der Waals surface area contributed by atoms with E-state index in [0.717, 1.165) is 15.3 Å². The predicted octanol–water partition coefficient (Wildman–Crippen LogP) is 3.71. The second-order valence-corrected chi connectivity index (χ2v) is 7.44. The Labute approximate surface area is 148 Å². The summed E-state index contributed by atoms with van der Waals surface area (Å²) >= 11 is 5.58. The summed E-state index contributed by atoms with van der Waals surface area (Å²) in [6, 6.07) is 4.33. The van der Waals surface area contributed by atoms with Crippen LogP contribution in [0, 0.1) is 12.7 Å². The average Bonchev–Trinajstić information content (AvgIpc) is 2.89. The molecule has 0 spiro atoms. The number of hydrogen-bond donors (Lipinski definition) is 1. The van der Waals surface area contributed by atoms with Crippen LogP contribution in [0.3, 0.4) is 0 Å². The SMILES string of the molecule is CCOC(=O)c1[se]c2ncnc(Nc3ccc(F)c(Cl)c3)c2c1C. The second kappa shape index (κ2) is 6.89. The molecule has 0 bridgehead atoms. The predicted molar refractivity (Wildman–Crippen MR) is 91.9 cm³/mol. The Kier molecular flexibility index (Phi) is 4.85. The molecular weight excluding hydrogens is 400 g/mol. The van der Waals surface area contributed by atoms with Crippen molar-refractivity contribution in [1.29, 1.82) is 0 Å². The van der Waals surface area contributed by atoms with E-state index in [1.165, 1.54) is 18.5 Å². The number of fused-ring (bicyclic) bond motifs is 1. The second-order valence-electron chi connectivity index (χ2n) is 4.93. The normalized spacial score (nSPS) is 10.8. The summed E-state index contributed by atoms with van der Waals surface area (Å²) in [5.41, 5.74) is 1.41. The van der Waals surface area contributed by atoms with Crippen molar-refractivity contribution in [3.8, 4) is 0 Å². The molecule has 0 aliphatic carbocycles. The van der Waals surface area contributed by atoms with Gasteiger partial charge in [-0.2, -0.15) is 0 Å². The van der Waals surface area contributed by atoms with E-state index in [2.05, 4.69) is 15.3 Å². The van der Waals surface area contributed by atoms with Crippen molar-refractivity contribution < 1.29 is 13.9 Å². The Morgan fingerprint density at radius 2 is 2.21 bits per heavy atom. The fraction of sp³-hybridized carbons (Fsp3) is 0.188. The van der Waals surface area contributed by atoms with E-state index in [0.29, 0.717) is 22.5 Å². The van der Waals surface area contributed by atoms with E-state index < -0.39 is 5.82 Å². The van der Waals surface area contributed by atoms with Gasteiger partial charge in [-0.25, -0.2) is 0 Å². The van der Waals surface area contributed by atoms with Gasteiger partial charge in [-0.1, -0.05) is 0 Å². The first-order valence-electron chi connectivity index (χ1n) is 7.14. The van der Waals surface area contributed by atoms with Crippen LogP contribution in [-0.2, 0) is 4.74 Å². The Bertz CT molecular complexity index is 929. The number of aromatic nitrogens is 2. The van der Waals surface area contributed by atoms with Crippen LogP contribution in [0.25, 0.3) is 9.78 Å². The molecule has 0 saturated heterocycles. The molecule has 124 valence electrons. The number of esters is 1. The summed E-state index contributed by atoms with van der Waals surface area (Å²) in [5.74, 6) is -0.246. The van der Waals surface area contributed by atoms with Gasteiger partial charge in [0.2, 0.25) is 0 Å². The molecule has 0 aliphatic rings. The molecule has 5 nitrogen and oxygen atoms in total. The van der Waals surface area contributed by atoms with Gasteiger partial charge in [0.1, 0.15) is 0 Å². The van der Waals surface area contributed by atoms with Crippen molar-refractivity contribution in [2.45, 2.75) is 13.8 Å². The average molecular weight is 413 g/mol. The molecule has 0 atom stereocenters. The number of nitrogens with one attached hydrogen (secondary N) is 1. The molecule has 1 aromatic carbocycles. The van der Waals surface area contributed by atoms with E-state index in [4.69, 9.17) is 16.3 Å². The standard InChI is InChI=1S/C16H13ClFN3O2Se/c1-3-23-16(22)13-8(2)12-14(19-7-20-15(12)24-13)21-9-4-5-11(18)10(17)6-9/h4-7H,3H2,1-2H3,(H,19,20,21). The van der Waals surface area contributed by atoms with E-state index in [1.54, 1.807) is 13.0 Å². The van der Waals surface area contributed by atoms with E-state index in [9.17, 15) is 9.18 Å². The Morgan fingerprint density at radius 3 is 2.92 bits per heavy atom. The Morgan fingerprint density at radius 1 is 1.42 bits per heavy atom. The van der Waals surface area contributed by atoms with Crippen LogP contribution in [0.4, 0.5) is 15.9 Å². The number of rotatable bonds is 4. The summed E-state index contributed by atoms with van der Waals surface area (Å²) < 4.78 is 19.8. The van der Waals surface area contributed by atoms with Gasteiger partial charge >= 0.3 is 148 Å². The fourth-order valence-corrected chi connectivity index (χ4v) is 4.64. The molecule has 0 amide bonds. The molecule has 0 radical (unpaired) electrons. The Balaban J connectivity index is 2.05. The summed E-state index contributed by atoms with van der Waals surface area (Å²) in [7, 11) is 0. The third-order valence-corrected chi connectivity index (χ3v) is 6.14. The minimum absolute atomic E-state index is 0.0226. The van der Waals surface area contributed by atoms with Crippen LogP contribution in [0.1, 0.15) is 21.7 Å². The molecule has 1 N–H and O–H groups in total. The molecule has 8 heteroatoms. The van der Waals surface area contributed by atoms with Crippen LogP contribution in [-0.4, -0.2) is 37.0 Å². The van der Waals surface area contributed by atoms with Gasteiger partial charge in [0.05, 0.1) is 0 Å². The molecule has 0 aliphatic heterocycles. The zero-order valence-electron chi connectivity index (χ0n) is 12.9. The van der Waals surface area contributed by atoms with Crippen molar-refractivity contribution in [2.24, 2.45) is 0 Å². The number of halogens is 2. The van der Waals surface area contributed by atoms with Gasteiger partial charge in [0.25, 0.3) is 0 Å². The van der Waals surface area contributed by atoms with Crippen LogP contribution in [0.5, 0.6) is 0 Å². The van der Waals surface area contributed by atoms with Crippen molar-refractivity contribution in [3.63, 3.8) is 0 Å². The number of hydrogen-bond acceptors (Lipinski definition) is 5. The number of carbonyl (C=O) groups excluding carboxylic acids is 1.